The van der Waals surface area contributed by atoms with Crippen molar-refractivity contribution in [3.63, 3.8) is 0 Å². The Bertz CT molecular complexity index is 170. The predicted molar refractivity (Wildman–Crippen MR) is 74.1 cm³/mol. The van der Waals surface area contributed by atoms with Crippen molar-refractivity contribution in [2.24, 2.45) is 5.92 Å². The largest absolute Gasteiger partial charge is 0.500 e. The second kappa shape index (κ2) is 10.1. The highest BCUT2D eigenvalue weighted by atomic mass is 28.4. The standard InChI is InChI=1S/C13H30O3Si/c1-6-7-8-9-12-17(14-4,15-5)16-11-10-13(2)3/h13H,6-12H2,1-5H3. The summed E-state index contributed by atoms with van der Waals surface area (Å²) >= 11 is 0. The van der Waals surface area contributed by atoms with E-state index >= 15 is 0 Å². The highest BCUT2D eigenvalue weighted by Gasteiger charge is 2.38. The summed E-state index contributed by atoms with van der Waals surface area (Å²) < 4.78 is 17.0. The zero-order valence-electron chi connectivity index (χ0n) is 12.3. The second-order valence-electron chi connectivity index (χ2n) is 4.93. The summed E-state index contributed by atoms with van der Waals surface area (Å²) in [6, 6.07) is 0.943. The zero-order chi connectivity index (χ0) is 13.1. The van der Waals surface area contributed by atoms with Gasteiger partial charge in [-0.25, -0.2) is 0 Å². The van der Waals surface area contributed by atoms with Gasteiger partial charge in [0.05, 0.1) is 0 Å². The molecular weight excluding hydrogens is 232 g/mol. The van der Waals surface area contributed by atoms with Crippen molar-refractivity contribution < 1.29 is 13.3 Å². The molecule has 0 spiro atoms. The Labute approximate surface area is 108 Å². The van der Waals surface area contributed by atoms with Gasteiger partial charge < -0.3 is 13.3 Å². The van der Waals surface area contributed by atoms with Crippen molar-refractivity contribution in [1.82, 2.24) is 0 Å². The molecule has 0 radical (unpaired) electrons. The van der Waals surface area contributed by atoms with Crippen LogP contribution in [0, 0.1) is 5.92 Å². The Balaban J connectivity index is 3.97. The highest BCUT2D eigenvalue weighted by molar-refractivity contribution is 6.60. The van der Waals surface area contributed by atoms with Crippen LogP contribution in [0.3, 0.4) is 0 Å². The Hall–Kier alpha value is 0.0969. The first-order chi connectivity index (χ1) is 8.10. The maximum Gasteiger partial charge on any atom is 0.500 e. The molecular formula is C13H30O3Si. The summed E-state index contributed by atoms with van der Waals surface area (Å²) in [6.07, 6.45) is 5.98. The molecule has 0 saturated carbocycles. The van der Waals surface area contributed by atoms with Crippen molar-refractivity contribution in [3.8, 4) is 0 Å². The predicted octanol–water partition coefficient (Wildman–Crippen LogP) is 3.86. The van der Waals surface area contributed by atoms with E-state index in [2.05, 4.69) is 20.8 Å². The summed E-state index contributed by atoms with van der Waals surface area (Å²) in [5.74, 6) is 0.663. The third-order valence-electron chi connectivity index (χ3n) is 2.98. The summed E-state index contributed by atoms with van der Waals surface area (Å²) in [4.78, 5) is 0. The van der Waals surface area contributed by atoms with Gasteiger partial charge in [-0.3, -0.25) is 0 Å². The molecule has 0 amide bonds. The molecule has 0 rings (SSSR count). The van der Waals surface area contributed by atoms with Crippen molar-refractivity contribution in [3.05, 3.63) is 0 Å². The Morgan fingerprint density at radius 3 is 2.12 bits per heavy atom. The molecule has 0 aromatic heterocycles. The van der Waals surface area contributed by atoms with E-state index in [1.807, 2.05) is 0 Å². The number of hydrogen-bond donors (Lipinski definition) is 0. The Kier molecular flexibility index (Phi) is 10.1. The smallest absolute Gasteiger partial charge is 0.377 e. The Morgan fingerprint density at radius 1 is 1.00 bits per heavy atom. The fourth-order valence-electron chi connectivity index (χ4n) is 1.70. The van der Waals surface area contributed by atoms with Gasteiger partial charge in [0.25, 0.3) is 0 Å². The van der Waals surface area contributed by atoms with Crippen LogP contribution in [0.15, 0.2) is 0 Å². The zero-order valence-corrected chi connectivity index (χ0v) is 13.3. The van der Waals surface area contributed by atoms with Gasteiger partial charge in [0.2, 0.25) is 0 Å². The molecule has 0 saturated heterocycles. The first kappa shape index (κ1) is 17.1. The van der Waals surface area contributed by atoms with Gasteiger partial charge in [0, 0.05) is 26.9 Å². The van der Waals surface area contributed by atoms with Crippen LogP contribution in [0.25, 0.3) is 0 Å². The minimum absolute atomic E-state index is 0.663. The molecule has 0 aromatic carbocycles. The van der Waals surface area contributed by atoms with Crippen LogP contribution in [0.2, 0.25) is 6.04 Å². The lowest BCUT2D eigenvalue weighted by molar-refractivity contribution is 0.0929. The molecule has 0 bridgehead atoms. The molecule has 0 aliphatic heterocycles. The topological polar surface area (TPSA) is 27.7 Å². The normalized spacial score (nSPS) is 12.4. The van der Waals surface area contributed by atoms with Gasteiger partial charge in [-0.1, -0.05) is 40.0 Å². The lowest BCUT2D eigenvalue weighted by Gasteiger charge is -2.26. The van der Waals surface area contributed by atoms with Gasteiger partial charge in [-0.2, -0.15) is 0 Å². The maximum absolute atomic E-state index is 5.91. The van der Waals surface area contributed by atoms with E-state index in [0.717, 1.165) is 25.5 Å². The number of rotatable bonds is 11. The van der Waals surface area contributed by atoms with E-state index in [1.165, 1.54) is 19.3 Å². The fraction of sp³-hybridized carbons (Fsp3) is 1.00. The summed E-state index contributed by atoms with van der Waals surface area (Å²) in [6.45, 7) is 7.37. The number of unbranched alkanes of at least 4 members (excludes halogenated alkanes) is 3. The molecule has 0 unspecified atom stereocenters. The molecule has 17 heavy (non-hydrogen) atoms. The third-order valence-corrected chi connectivity index (χ3v) is 5.83. The van der Waals surface area contributed by atoms with Crippen LogP contribution in [-0.2, 0) is 13.3 Å². The average molecular weight is 262 g/mol. The molecule has 0 N–H and O–H groups in total. The van der Waals surface area contributed by atoms with Gasteiger partial charge in [0.15, 0.2) is 0 Å². The molecule has 0 atom stereocenters. The van der Waals surface area contributed by atoms with Gasteiger partial charge in [-0.05, 0) is 18.8 Å². The lowest BCUT2D eigenvalue weighted by atomic mass is 10.2. The molecule has 0 fully saturated rings. The molecule has 0 aromatic rings. The summed E-state index contributed by atoms with van der Waals surface area (Å²) in [5, 5.41) is 0. The van der Waals surface area contributed by atoms with E-state index in [9.17, 15) is 0 Å². The fourth-order valence-corrected chi connectivity index (χ4v) is 3.76. The first-order valence-electron chi connectivity index (χ1n) is 6.84. The van der Waals surface area contributed by atoms with E-state index in [0.29, 0.717) is 5.92 Å². The number of hydrogen-bond acceptors (Lipinski definition) is 3. The molecule has 0 aliphatic carbocycles. The average Bonchev–Trinajstić information content (AvgIpc) is 2.32. The van der Waals surface area contributed by atoms with Crippen molar-refractivity contribution >= 4 is 8.80 Å². The molecule has 0 aliphatic rings. The van der Waals surface area contributed by atoms with Crippen LogP contribution in [0.4, 0.5) is 0 Å². The van der Waals surface area contributed by atoms with Crippen molar-refractivity contribution in [2.75, 3.05) is 20.8 Å². The van der Waals surface area contributed by atoms with Crippen molar-refractivity contribution in [1.29, 1.82) is 0 Å². The summed E-state index contributed by atoms with van der Waals surface area (Å²) in [5.41, 5.74) is 0. The third kappa shape index (κ3) is 7.92. The summed E-state index contributed by atoms with van der Waals surface area (Å²) in [7, 11) is 1.07. The highest BCUT2D eigenvalue weighted by Crippen LogP contribution is 2.19. The minimum Gasteiger partial charge on any atom is -0.377 e. The van der Waals surface area contributed by atoms with Gasteiger partial charge in [-0.15, -0.1) is 0 Å². The SMILES string of the molecule is CCCCCC[Si](OC)(OC)OCCC(C)C. The van der Waals surface area contributed by atoms with Crippen LogP contribution in [-0.4, -0.2) is 29.6 Å². The minimum atomic E-state index is -2.36. The van der Waals surface area contributed by atoms with Gasteiger partial charge >= 0.3 is 8.80 Å². The van der Waals surface area contributed by atoms with E-state index in [4.69, 9.17) is 13.3 Å². The first-order valence-corrected chi connectivity index (χ1v) is 8.77. The van der Waals surface area contributed by atoms with E-state index in [-0.39, 0.29) is 0 Å². The van der Waals surface area contributed by atoms with Crippen LogP contribution in [0.1, 0.15) is 52.9 Å². The second-order valence-corrected chi connectivity index (χ2v) is 7.90. The van der Waals surface area contributed by atoms with Crippen molar-refractivity contribution in [2.45, 2.75) is 58.9 Å². The quantitative estimate of drug-likeness (QED) is 0.418. The monoisotopic (exact) mass is 262 g/mol. The molecule has 104 valence electrons. The molecule has 3 nitrogen and oxygen atoms in total. The van der Waals surface area contributed by atoms with Crippen LogP contribution in [0.5, 0.6) is 0 Å². The van der Waals surface area contributed by atoms with Crippen LogP contribution >= 0.6 is 0 Å². The lowest BCUT2D eigenvalue weighted by Crippen LogP contribution is -2.44. The maximum atomic E-state index is 5.91. The van der Waals surface area contributed by atoms with Gasteiger partial charge in [0.1, 0.15) is 0 Å². The van der Waals surface area contributed by atoms with E-state index in [1.54, 1.807) is 14.2 Å². The molecule has 4 heteroatoms. The molecule has 0 heterocycles. The Morgan fingerprint density at radius 2 is 1.65 bits per heavy atom. The van der Waals surface area contributed by atoms with E-state index < -0.39 is 8.80 Å². The van der Waals surface area contributed by atoms with Crippen LogP contribution < -0.4 is 0 Å².